The number of hydrogen-bond donors (Lipinski definition) is 3. The minimum absolute atomic E-state index is 0.0597. The molecule has 0 aliphatic carbocycles. The van der Waals surface area contributed by atoms with Crippen molar-refractivity contribution in [2.24, 2.45) is 0 Å². The van der Waals surface area contributed by atoms with Crippen molar-refractivity contribution in [1.29, 1.82) is 0 Å². The van der Waals surface area contributed by atoms with E-state index in [1.807, 2.05) is 13.8 Å². The van der Waals surface area contributed by atoms with E-state index in [4.69, 9.17) is 10.5 Å². The first-order valence-corrected chi connectivity index (χ1v) is 11.0. The third kappa shape index (κ3) is 15.9. The number of carbonyl (C=O) groups is 2. The van der Waals surface area contributed by atoms with Crippen LogP contribution in [0.25, 0.3) is 0 Å². The van der Waals surface area contributed by atoms with Gasteiger partial charge in [-0.1, -0.05) is 32.6 Å². The maximum Gasteiger partial charge on any atom is 0.410 e. The van der Waals surface area contributed by atoms with E-state index < -0.39 is 11.7 Å². The minimum atomic E-state index is -0.595. The average Bonchev–Trinajstić information content (AvgIpc) is 2.77. The number of nitrogens with one attached hydrogen (secondary N) is 2. The largest absolute Gasteiger partial charge is 0.444 e. The van der Waals surface area contributed by atoms with Crippen LogP contribution in [-0.4, -0.2) is 59.2 Å². The van der Waals surface area contributed by atoms with Gasteiger partial charge in [-0.2, -0.15) is 4.98 Å². The molecule has 0 bridgehead atoms. The van der Waals surface area contributed by atoms with Gasteiger partial charge in [0.1, 0.15) is 18.0 Å². The predicted octanol–water partition coefficient (Wildman–Crippen LogP) is 3.27. The first kappa shape index (κ1) is 31.7. The first-order valence-electron chi connectivity index (χ1n) is 11.0. The molecular formula is C24H40N6O3. The fraction of sp³-hybridized carbons (Fsp3) is 0.583. The molecule has 0 unspecified atom stereocenters. The zero-order valence-corrected chi connectivity index (χ0v) is 21.1. The third-order valence-electron chi connectivity index (χ3n) is 3.46. The van der Waals surface area contributed by atoms with E-state index in [1.165, 1.54) is 11.9 Å². The molecule has 9 heteroatoms. The van der Waals surface area contributed by atoms with Gasteiger partial charge in [0.05, 0.1) is 11.8 Å². The minimum Gasteiger partial charge on any atom is -0.444 e. The lowest BCUT2D eigenvalue weighted by Crippen LogP contribution is -2.41. The molecule has 1 rings (SSSR count). The molecule has 0 aliphatic heterocycles. The molecule has 0 fully saturated rings. The molecule has 0 saturated carbocycles. The quantitative estimate of drug-likeness (QED) is 0.402. The van der Waals surface area contributed by atoms with Gasteiger partial charge >= 0.3 is 6.09 Å². The third-order valence-corrected chi connectivity index (χ3v) is 3.46. The Morgan fingerprint density at radius 2 is 1.88 bits per heavy atom. The lowest BCUT2D eigenvalue weighted by molar-refractivity contribution is -0.122. The lowest BCUT2D eigenvalue weighted by atomic mass is 10.2. The number of carbonyl (C=O) groups excluding carboxylic acids is 2. The monoisotopic (exact) mass is 460 g/mol. The van der Waals surface area contributed by atoms with Crippen LogP contribution in [0.5, 0.6) is 0 Å². The zero-order valence-electron chi connectivity index (χ0n) is 21.1. The summed E-state index contributed by atoms with van der Waals surface area (Å²) in [5.74, 6) is 6.67. The summed E-state index contributed by atoms with van der Waals surface area (Å²) in [7, 11) is 1.53. The molecule has 33 heavy (non-hydrogen) atoms. The summed E-state index contributed by atoms with van der Waals surface area (Å²) in [5, 5.41) is 5.95. The van der Waals surface area contributed by atoms with E-state index in [-0.39, 0.29) is 18.4 Å². The molecule has 0 aromatic carbocycles. The Balaban J connectivity index is 0. The average molecular weight is 461 g/mol. The van der Waals surface area contributed by atoms with E-state index in [2.05, 4.69) is 52.2 Å². The number of ether oxygens (including phenoxy) is 1. The van der Waals surface area contributed by atoms with Gasteiger partial charge < -0.3 is 26.0 Å². The second kappa shape index (κ2) is 18.1. The van der Waals surface area contributed by atoms with Crippen molar-refractivity contribution in [2.45, 2.75) is 66.4 Å². The van der Waals surface area contributed by atoms with E-state index in [9.17, 15) is 9.59 Å². The number of nitrogen functional groups attached to an aromatic ring is 1. The Kier molecular flexibility index (Phi) is 17.4. The first-order chi connectivity index (χ1) is 15.6. The Morgan fingerprint density at radius 3 is 2.45 bits per heavy atom. The molecule has 0 aliphatic rings. The van der Waals surface area contributed by atoms with Crippen molar-refractivity contribution < 1.29 is 14.3 Å². The van der Waals surface area contributed by atoms with E-state index in [0.29, 0.717) is 30.8 Å². The molecule has 0 atom stereocenters. The van der Waals surface area contributed by atoms with Crippen LogP contribution in [0.2, 0.25) is 0 Å². The van der Waals surface area contributed by atoms with Crippen molar-refractivity contribution in [1.82, 2.24) is 20.2 Å². The number of aromatic nitrogens is 2. The van der Waals surface area contributed by atoms with E-state index >= 15 is 0 Å². The van der Waals surface area contributed by atoms with Gasteiger partial charge in [0.2, 0.25) is 11.9 Å². The second-order valence-electron chi connectivity index (χ2n) is 7.51. The Bertz CT molecular complexity index is 791. The summed E-state index contributed by atoms with van der Waals surface area (Å²) < 4.78 is 5.21. The van der Waals surface area contributed by atoms with Crippen molar-refractivity contribution in [3.05, 3.63) is 11.8 Å². The number of rotatable bonds is 8. The summed E-state index contributed by atoms with van der Waals surface area (Å²) in [6.45, 7) is 12.6. The number of terminal acetylenes is 1. The van der Waals surface area contributed by atoms with E-state index in [0.717, 1.165) is 13.0 Å². The molecular weight excluding hydrogens is 420 g/mol. The van der Waals surface area contributed by atoms with Crippen LogP contribution in [0.4, 0.5) is 16.6 Å². The van der Waals surface area contributed by atoms with Gasteiger partial charge in [-0.25, -0.2) is 9.78 Å². The maximum atomic E-state index is 11.9. The normalized spacial score (nSPS) is 9.48. The van der Waals surface area contributed by atoms with Gasteiger partial charge in [0.25, 0.3) is 0 Å². The number of anilines is 2. The standard InChI is InChI=1S/C20H32N6O3.C2H6.C2H2/c1-6-11-23-17-15(13-24-18(21)25-17)10-8-7-9-12-22-16(27)14-26(5)19(28)29-20(2,3)4;2*1-2/h13H,6-7,9,11-12,14H2,1-5H3,(H,22,27)(H3,21,23,24,25);1-2H3;1-2H. The summed E-state index contributed by atoms with van der Waals surface area (Å²) >= 11 is 0. The molecule has 1 heterocycles. The van der Waals surface area contributed by atoms with Crippen molar-refractivity contribution in [3.63, 3.8) is 0 Å². The van der Waals surface area contributed by atoms with Crippen LogP contribution in [-0.2, 0) is 9.53 Å². The van der Waals surface area contributed by atoms with Crippen molar-refractivity contribution >= 4 is 23.8 Å². The van der Waals surface area contributed by atoms with Crippen LogP contribution in [0.1, 0.15) is 66.4 Å². The van der Waals surface area contributed by atoms with Gasteiger partial charge in [-0.3, -0.25) is 4.79 Å². The number of amides is 2. The Morgan fingerprint density at radius 1 is 1.24 bits per heavy atom. The smallest absolute Gasteiger partial charge is 0.410 e. The number of hydrogen-bond acceptors (Lipinski definition) is 7. The highest BCUT2D eigenvalue weighted by Gasteiger charge is 2.20. The molecule has 1 aromatic heterocycles. The molecule has 4 N–H and O–H groups in total. The van der Waals surface area contributed by atoms with E-state index in [1.54, 1.807) is 27.0 Å². The number of nitrogens with two attached hydrogens (primary N) is 1. The van der Waals surface area contributed by atoms with Crippen molar-refractivity contribution in [2.75, 3.05) is 37.7 Å². The number of likely N-dealkylation sites (N-methyl/N-ethyl adjacent to an activating group) is 1. The Hall–Kier alpha value is -3.46. The van der Waals surface area contributed by atoms with Crippen LogP contribution in [0, 0.1) is 24.7 Å². The van der Waals surface area contributed by atoms with Gasteiger partial charge in [0, 0.05) is 26.6 Å². The number of nitrogens with zero attached hydrogens (tertiary/aromatic N) is 3. The molecule has 0 radical (unpaired) electrons. The molecule has 0 spiro atoms. The molecule has 0 saturated heterocycles. The van der Waals surface area contributed by atoms with Crippen LogP contribution >= 0.6 is 0 Å². The summed E-state index contributed by atoms with van der Waals surface area (Å²) in [5.41, 5.74) is 5.72. The van der Waals surface area contributed by atoms with Gasteiger partial charge in [-0.15, -0.1) is 12.8 Å². The molecule has 1 aromatic rings. The highest BCUT2D eigenvalue weighted by Crippen LogP contribution is 2.11. The fourth-order valence-corrected chi connectivity index (χ4v) is 2.10. The summed E-state index contributed by atoms with van der Waals surface area (Å²) in [6, 6.07) is 0. The van der Waals surface area contributed by atoms with Gasteiger partial charge in [0.15, 0.2) is 0 Å². The lowest BCUT2D eigenvalue weighted by Gasteiger charge is -2.24. The summed E-state index contributed by atoms with van der Waals surface area (Å²) in [4.78, 5) is 33.1. The predicted molar refractivity (Wildman–Crippen MR) is 134 cm³/mol. The van der Waals surface area contributed by atoms with Crippen LogP contribution < -0.4 is 16.4 Å². The fourth-order valence-electron chi connectivity index (χ4n) is 2.10. The van der Waals surface area contributed by atoms with Crippen LogP contribution in [0.15, 0.2) is 6.20 Å². The SMILES string of the molecule is C#C.CC.CCCNc1nc(N)ncc1C#CCCCNC(=O)CN(C)C(=O)OC(C)(C)C. The van der Waals surface area contributed by atoms with Gasteiger partial charge in [-0.05, 0) is 33.6 Å². The molecule has 184 valence electrons. The number of unbranched alkanes of at least 4 members (excludes halogenated alkanes) is 1. The van der Waals surface area contributed by atoms with Crippen molar-refractivity contribution in [3.8, 4) is 24.7 Å². The topological polar surface area (TPSA) is 122 Å². The highest BCUT2D eigenvalue weighted by molar-refractivity contribution is 5.82. The molecule has 2 amide bonds. The summed E-state index contributed by atoms with van der Waals surface area (Å²) in [6.07, 6.45) is 11.3. The highest BCUT2D eigenvalue weighted by atomic mass is 16.6. The zero-order chi connectivity index (χ0) is 25.9. The Labute approximate surface area is 199 Å². The van der Waals surface area contributed by atoms with Crippen LogP contribution in [0.3, 0.4) is 0 Å². The second-order valence-corrected chi connectivity index (χ2v) is 7.51. The molecule has 9 nitrogen and oxygen atoms in total. The maximum absolute atomic E-state index is 11.9.